The lowest BCUT2D eigenvalue weighted by atomic mass is 9.88. The fraction of sp³-hybridized carbons (Fsp3) is 0.542. The van der Waals surface area contributed by atoms with E-state index in [1.807, 2.05) is 11.0 Å². The summed E-state index contributed by atoms with van der Waals surface area (Å²) in [6, 6.07) is 8.26. The molecule has 2 aliphatic rings. The predicted molar refractivity (Wildman–Crippen MR) is 117 cm³/mol. The summed E-state index contributed by atoms with van der Waals surface area (Å²) in [7, 11) is 0. The van der Waals surface area contributed by atoms with Gasteiger partial charge in [-0.25, -0.2) is 0 Å². The van der Waals surface area contributed by atoms with Crippen LogP contribution in [0.1, 0.15) is 66.6 Å². The van der Waals surface area contributed by atoms with Gasteiger partial charge in [0.15, 0.2) is 0 Å². The van der Waals surface area contributed by atoms with Gasteiger partial charge in [-0.05, 0) is 51.2 Å². The third kappa shape index (κ3) is 4.58. The fourth-order valence-corrected chi connectivity index (χ4v) is 4.75. The van der Waals surface area contributed by atoms with Crippen molar-refractivity contribution in [2.75, 3.05) is 13.1 Å². The van der Waals surface area contributed by atoms with E-state index < -0.39 is 0 Å². The Hall–Kier alpha value is -2.63. The van der Waals surface area contributed by atoms with Gasteiger partial charge in [0.25, 0.3) is 5.91 Å². The van der Waals surface area contributed by atoms with Gasteiger partial charge in [-0.3, -0.25) is 14.7 Å². The minimum Gasteiger partial charge on any atom is -0.353 e. The molecule has 1 aromatic heterocycles. The largest absolute Gasteiger partial charge is 0.353 e. The Bertz CT molecular complexity index is 906. The first-order valence-electron chi connectivity index (χ1n) is 11.2. The van der Waals surface area contributed by atoms with Gasteiger partial charge in [0.1, 0.15) is 5.69 Å². The summed E-state index contributed by atoms with van der Waals surface area (Å²) < 4.78 is 0. The molecule has 4 rings (SSSR count). The van der Waals surface area contributed by atoms with E-state index in [1.54, 1.807) is 0 Å². The summed E-state index contributed by atoms with van der Waals surface area (Å²) in [4.78, 5) is 27.3. The summed E-state index contributed by atoms with van der Waals surface area (Å²) in [6.07, 6.45) is 7.24. The molecule has 2 heterocycles. The summed E-state index contributed by atoms with van der Waals surface area (Å²) >= 11 is 0. The van der Waals surface area contributed by atoms with E-state index in [2.05, 4.69) is 47.6 Å². The second kappa shape index (κ2) is 9.02. The van der Waals surface area contributed by atoms with E-state index in [4.69, 9.17) is 0 Å². The van der Waals surface area contributed by atoms with Crippen molar-refractivity contribution in [3.05, 3.63) is 41.1 Å². The van der Waals surface area contributed by atoms with E-state index in [1.165, 1.54) is 24.8 Å². The summed E-state index contributed by atoms with van der Waals surface area (Å²) in [6.45, 7) is 5.45. The number of nitrogens with one attached hydrogen (secondary N) is 2. The quantitative estimate of drug-likeness (QED) is 0.803. The van der Waals surface area contributed by atoms with Crippen molar-refractivity contribution in [3.63, 3.8) is 0 Å². The fourth-order valence-electron chi connectivity index (χ4n) is 4.75. The maximum absolute atomic E-state index is 12.9. The SMILES string of the molecule is Cc1ccc(-c2cc(C(=O)N3CCC(NC(=O)C4CCCCC4)CC3)[nH]n2)c(C)c1. The highest BCUT2D eigenvalue weighted by Gasteiger charge is 2.28. The highest BCUT2D eigenvalue weighted by atomic mass is 16.2. The number of carbonyl (C=O) groups is 2. The molecule has 160 valence electrons. The standard InChI is InChI=1S/C24H32N4O2/c1-16-8-9-20(17(2)14-16)21-15-22(27-26-21)24(30)28-12-10-19(11-13-28)25-23(29)18-6-4-3-5-7-18/h8-9,14-15,18-19H,3-7,10-13H2,1-2H3,(H,25,29)(H,26,27). The number of nitrogens with zero attached hydrogens (tertiary/aromatic N) is 2. The molecule has 0 radical (unpaired) electrons. The number of hydrogen-bond donors (Lipinski definition) is 2. The van der Waals surface area contributed by atoms with Crippen LogP contribution >= 0.6 is 0 Å². The van der Waals surface area contributed by atoms with E-state index in [-0.39, 0.29) is 23.8 Å². The Balaban J connectivity index is 1.32. The second-order valence-corrected chi connectivity index (χ2v) is 8.90. The molecular formula is C24H32N4O2. The van der Waals surface area contributed by atoms with E-state index in [9.17, 15) is 9.59 Å². The van der Waals surface area contributed by atoms with Gasteiger partial charge in [-0.1, -0.05) is 43.0 Å². The van der Waals surface area contributed by atoms with Crippen molar-refractivity contribution < 1.29 is 9.59 Å². The van der Waals surface area contributed by atoms with Crippen LogP contribution in [0.4, 0.5) is 0 Å². The number of likely N-dealkylation sites (tertiary alicyclic amines) is 1. The number of aryl methyl sites for hydroxylation is 2. The molecule has 1 aromatic carbocycles. The molecule has 1 aliphatic carbocycles. The van der Waals surface area contributed by atoms with Crippen LogP contribution in [0.5, 0.6) is 0 Å². The van der Waals surface area contributed by atoms with Crippen molar-refractivity contribution in [2.24, 2.45) is 5.92 Å². The van der Waals surface area contributed by atoms with Crippen molar-refractivity contribution in [2.45, 2.75) is 64.8 Å². The van der Waals surface area contributed by atoms with Crippen molar-refractivity contribution in [3.8, 4) is 11.3 Å². The zero-order valence-electron chi connectivity index (χ0n) is 18.0. The molecular weight excluding hydrogens is 376 g/mol. The first kappa shape index (κ1) is 20.6. The second-order valence-electron chi connectivity index (χ2n) is 8.90. The van der Waals surface area contributed by atoms with Crippen LogP contribution in [0.3, 0.4) is 0 Å². The predicted octanol–water partition coefficient (Wildman–Crippen LogP) is 3.99. The minimum atomic E-state index is -0.0180. The van der Waals surface area contributed by atoms with Gasteiger partial charge < -0.3 is 10.2 Å². The van der Waals surface area contributed by atoms with Crippen LogP contribution in [0.25, 0.3) is 11.3 Å². The smallest absolute Gasteiger partial charge is 0.271 e. The zero-order valence-corrected chi connectivity index (χ0v) is 18.0. The number of carbonyl (C=O) groups excluding carboxylic acids is 2. The Morgan fingerprint density at radius 3 is 2.47 bits per heavy atom. The number of H-pyrrole nitrogens is 1. The monoisotopic (exact) mass is 408 g/mol. The number of benzene rings is 1. The number of aromatic nitrogens is 2. The molecule has 0 unspecified atom stereocenters. The molecule has 1 saturated heterocycles. The molecule has 2 amide bonds. The molecule has 1 aliphatic heterocycles. The van der Waals surface area contributed by atoms with E-state index in [0.29, 0.717) is 18.8 Å². The van der Waals surface area contributed by atoms with Gasteiger partial charge in [0, 0.05) is 30.6 Å². The molecule has 0 spiro atoms. The summed E-state index contributed by atoms with van der Waals surface area (Å²) in [5, 5.41) is 10.5. The van der Waals surface area contributed by atoms with Crippen LogP contribution in [0, 0.1) is 19.8 Å². The maximum atomic E-state index is 12.9. The third-order valence-electron chi connectivity index (χ3n) is 6.57. The van der Waals surface area contributed by atoms with Gasteiger partial charge >= 0.3 is 0 Å². The lowest BCUT2D eigenvalue weighted by molar-refractivity contribution is -0.126. The Labute approximate surface area is 178 Å². The number of rotatable bonds is 4. The summed E-state index contributed by atoms with van der Waals surface area (Å²) in [5.41, 5.74) is 4.72. The lowest BCUT2D eigenvalue weighted by Crippen LogP contribution is -2.48. The maximum Gasteiger partial charge on any atom is 0.271 e. The van der Waals surface area contributed by atoms with Crippen molar-refractivity contribution in [1.29, 1.82) is 0 Å². The number of aromatic amines is 1. The lowest BCUT2D eigenvalue weighted by Gasteiger charge is -2.33. The Morgan fingerprint density at radius 1 is 1.03 bits per heavy atom. The number of piperidine rings is 1. The van der Waals surface area contributed by atoms with E-state index >= 15 is 0 Å². The van der Waals surface area contributed by atoms with Crippen LogP contribution in [-0.2, 0) is 4.79 Å². The van der Waals surface area contributed by atoms with Crippen molar-refractivity contribution >= 4 is 11.8 Å². The zero-order chi connectivity index (χ0) is 21.1. The van der Waals surface area contributed by atoms with Crippen LogP contribution in [0.2, 0.25) is 0 Å². The van der Waals surface area contributed by atoms with Crippen LogP contribution < -0.4 is 5.32 Å². The molecule has 1 saturated carbocycles. The molecule has 2 N–H and O–H groups in total. The van der Waals surface area contributed by atoms with Crippen LogP contribution in [0.15, 0.2) is 24.3 Å². The van der Waals surface area contributed by atoms with Crippen molar-refractivity contribution in [1.82, 2.24) is 20.4 Å². The molecule has 6 heteroatoms. The Morgan fingerprint density at radius 2 is 1.77 bits per heavy atom. The van der Waals surface area contributed by atoms with Gasteiger partial charge in [0.05, 0.1) is 5.69 Å². The Kier molecular flexibility index (Phi) is 6.21. The van der Waals surface area contributed by atoms with Gasteiger partial charge in [-0.15, -0.1) is 0 Å². The normalized spacial score (nSPS) is 18.4. The molecule has 2 aromatic rings. The molecule has 30 heavy (non-hydrogen) atoms. The van der Waals surface area contributed by atoms with E-state index in [0.717, 1.165) is 42.5 Å². The molecule has 0 bridgehead atoms. The highest BCUT2D eigenvalue weighted by Crippen LogP contribution is 2.25. The minimum absolute atomic E-state index is 0.0180. The first-order chi connectivity index (χ1) is 14.5. The van der Waals surface area contributed by atoms with Gasteiger partial charge in [0.2, 0.25) is 5.91 Å². The average molecular weight is 409 g/mol. The number of amides is 2. The molecule has 6 nitrogen and oxygen atoms in total. The first-order valence-corrected chi connectivity index (χ1v) is 11.2. The average Bonchev–Trinajstić information content (AvgIpc) is 3.24. The number of hydrogen-bond acceptors (Lipinski definition) is 3. The van der Waals surface area contributed by atoms with Crippen LogP contribution in [-0.4, -0.2) is 46.0 Å². The molecule has 0 atom stereocenters. The highest BCUT2D eigenvalue weighted by molar-refractivity contribution is 5.93. The molecule has 2 fully saturated rings. The summed E-state index contributed by atoms with van der Waals surface area (Å²) in [5.74, 6) is 0.383. The van der Waals surface area contributed by atoms with Gasteiger partial charge in [-0.2, -0.15) is 5.10 Å². The third-order valence-corrected chi connectivity index (χ3v) is 6.57. The topological polar surface area (TPSA) is 78.1 Å².